The molecule has 0 saturated carbocycles. The normalized spacial score (nSPS) is 18.0. The maximum Gasteiger partial charge on any atom is 0.188 e. The zero-order chi connectivity index (χ0) is 11.6. The lowest BCUT2D eigenvalue weighted by Gasteiger charge is -2.20. The minimum atomic E-state index is -1.02. The lowest BCUT2D eigenvalue weighted by atomic mass is 9.95. The maximum atomic E-state index is 9.13. The van der Waals surface area contributed by atoms with Crippen LogP contribution in [-0.2, 0) is 4.84 Å². The molecule has 0 aliphatic carbocycles. The molecule has 0 spiro atoms. The van der Waals surface area contributed by atoms with Crippen LogP contribution in [0.15, 0.2) is 23.5 Å². The number of nitrogens with zero attached hydrogens (tertiary/aromatic N) is 2. The highest BCUT2D eigenvalue weighted by Gasteiger charge is 2.38. The van der Waals surface area contributed by atoms with Gasteiger partial charge in [0.1, 0.15) is 13.6 Å². The quantitative estimate of drug-likeness (QED) is 0.620. The summed E-state index contributed by atoms with van der Waals surface area (Å²) in [6.45, 7) is -0.572. The van der Waals surface area contributed by atoms with Gasteiger partial charge in [0.25, 0.3) is 0 Å². The Hall–Kier alpha value is -1.40. The van der Waals surface area contributed by atoms with Crippen molar-refractivity contribution in [2.75, 3.05) is 13.2 Å². The summed E-state index contributed by atoms with van der Waals surface area (Å²) in [4.78, 5) is 9.15. The Labute approximate surface area is 94.2 Å². The number of aliphatic hydroxyl groups excluding tert-OH is 2. The van der Waals surface area contributed by atoms with Gasteiger partial charge in [-0.05, 0) is 6.07 Å². The van der Waals surface area contributed by atoms with E-state index in [1.54, 1.807) is 12.1 Å². The van der Waals surface area contributed by atoms with Gasteiger partial charge in [-0.3, -0.25) is 4.98 Å². The van der Waals surface area contributed by atoms with E-state index >= 15 is 0 Å². The van der Waals surface area contributed by atoms with E-state index in [0.29, 0.717) is 23.3 Å². The fourth-order valence-electron chi connectivity index (χ4n) is 1.45. The van der Waals surface area contributed by atoms with Crippen LogP contribution in [0.2, 0.25) is 0 Å². The van der Waals surface area contributed by atoms with Crippen molar-refractivity contribution in [1.82, 2.24) is 4.98 Å². The highest BCUT2D eigenvalue weighted by molar-refractivity contribution is 6.32. The van der Waals surface area contributed by atoms with E-state index in [0.717, 1.165) is 0 Å². The molecule has 0 aromatic carbocycles. The van der Waals surface area contributed by atoms with Crippen molar-refractivity contribution in [2.24, 2.45) is 5.16 Å². The Morgan fingerprint density at radius 1 is 1.38 bits per heavy atom. The zero-order valence-electron chi connectivity index (χ0n) is 8.63. The largest absolute Gasteiger partial charge is 0.392 e. The Balaban J connectivity index is 2.17. The molecule has 2 N–H and O–H groups in total. The molecule has 1 aliphatic rings. The number of aromatic nitrogens is 1. The van der Waals surface area contributed by atoms with Crippen LogP contribution in [0.25, 0.3) is 0 Å². The van der Waals surface area contributed by atoms with Crippen molar-refractivity contribution in [3.63, 3.8) is 0 Å². The molecular weight excluding hydrogens is 207 g/mol. The average Bonchev–Trinajstić information content (AvgIpc) is 2.75. The highest BCUT2D eigenvalue weighted by Crippen LogP contribution is 2.25. The van der Waals surface area contributed by atoms with Crippen molar-refractivity contribution in [2.45, 2.75) is 12.0 Å². The summed E-state index contributed by atoms with van der Waals surface area (Å²) in [6, 6.07) is 3.44. The molecular formula is C10H11BN2O3. The van der Waals surface area contributed by atoms with Crippen molar-refractivity contribution in [3.8, 4) is 0 Å². The Kier molecular flexibility index (Phi) is 2.94. The van der Waals surface area contributed by atoms with Crippen LogP contribution in [0.1, 0.15) is 12.1 Å². The van der Waals surface area contributed by atoms with Gasteiger partial charge in [-0.15, -0.1) is 0 Å². The van der Waals surface area contributed by atoms with Crippen LogP contribution in [0, 0.1) is 0 Å². The number of rotatable bonds is 3. The van der Waals surface area contributed by atoms with Crippen molar-refractivity contribution >= 4 is 19.0 Å². The van der Waals surface area contributed by atoms with Gasteiger partial charge in [0.2, 0.25) is 0 Å². The summed E-state index contributed by atoms with van der Waals surface area (Å²) in [5.74, 6) is 0. The third-order valence-electron chi connectivity index (χ3n) is 2.50. The van der Waals surface area contributed by atoms with E-state index < -0.39 is 5.60 Å². The molecule has 6 heteroatoms. The van der Waals surface area contributed by atoms with Crippen LogP contribution < -0.4 is 5.46 Å². The Morgan fingerprint density at radius 2 is 2.12 bits per heavy atom. The summed E-state index contributed by atoms with van der Waals surface area (Å²) in [6.07, 6.45) is 1.85. The summed E-state index contributed by atoms with van der Waals surface area (Å²) in [7, 11) is 5.52. The van der Waals surface area contributed by atoms with Gasteiger partial charge in [0, 0.05) is 12.6 Å². The summed E-state index contributed by atoms with van der Waals surface area (Å²) < 4.78 is 0. The molecule has 82 valence electrons. The summed E-state index contributed by atoms with van der Waals surface area (Å²) in [5.41, 5.74) is 0.790. The predicted molar refractivity (Wildman–Crippen MR) is 58.8 cm³/mol. The molecule has 0 amide bonds. The van der Waals surface area contributed by atoms with Gasteiger partial charge in [0.15, 0.2) is 5.60 Å². The molecule has 0 unspecified atom stereocenters. The Morgan fingerprint density at radius 3 is 2.62 bits per heavy atom. The third kappa shape index (κ3) is 1.94. The molecule has 16 heavy (non-hydrogen) atoms. The molecule has 2 heterocycles. The number of hydrogen-bond acceptors (Lipinski definition) is 5. The lowest BCUT2D eigenvalue weighted by molar-refractivity contribution is -0.0878. The van der Waals surface area contributed by atoms with E-state index in [1.807, 2.05) is 0 Å². The second-order valence-corrected chi connectivity index (χ2v) is 3.78. The van der Waals surface area contributed by atoms with Gasteiger partial charge in [-0.25, -0.2) is 0 Å². The van der Waals surface area contributed by atoms with Gasteiger partial charge in [-0.1, -0.05) is 16.7 Å². The number of pyridine rings is 1. The van der Waals surface area contributed by atoms with Gasteiger partial charge < -0.3 is 15.1 Å². The van der Waals surface area contributed by atoms with Crippen LogP contribution in [-0.4, -0.2) is 47.6 Å². The topological polar surface area (TPSA) is 74.9 Å². The molecule has 0 bridgehead atoms. The molecule has 1 aliphatic heterocycles. The molecule has 2 rings (SSSR count). The second kappa shape index (κ2) is 4.23. The van der Waals surface area contributed by atoms with Crippen LogP contribution >= 0.6 is 0 Å². The molecule has 1 aromatic heterocycles. The van der Waals surface area contributed by atoms with Crippen LogP contribution in [0.5, 0.6) is 0 Å². The molecule has 5 nitrogen and oxygen atoms in total. The smallest absolute Gasteiger partial charge is 0.188 e. The van der Waals surface area contributed by atoms with Crippen LogP contribution in [0.4, 0.5) is 0 Å². The standard InChI is InChI=1S/C10H11BN2O3/c11-7-1-2-8(12-4-7)9-3-10(5-14,6-15)16-13-9/h1-2,4,14-15H,3,5-6H2. The van der Waals surface area contributed by atoms with Gasteiger partial charge >= 0.3 is 0 Å². The van der Waals surface area contributed by atoms with Crippen molar-refractivity contribution in [3.05, 3.63) is 24.0 Å². The lowest BCUT2D eigenvalue weighted by Crippen LogP contribution is -2.37. The molecule has 0 atom stereocenters. The van der Waals surface area contributed by atoms with E-state index in [2.05, 4.69) is 10.1 Å². The zero-order valence-corrected chi connectivity index (χ0v) is 8.63. The highest BCUT2D eigenvalue weighted by atomic mass is 16.7. The fourth-order valence-corrected chi connectivity index (χ4v) is 1.45. The first-order chi connectivity index (χ1) is 7.69. The SMILES string of the molecule is [B]c1ccc(C2=NOC(CO)(CO)C2)nc1. The molecule has 2 radical (unpaired) electrons. The van der Waals surface area contributed by atoms with Gasteiger partial charge in [-0.2, -0.15) is 0 Å². The maximum absolute atomic E-state index is 9.13. The Bertz CT molecular complexity index is 401. The minimum Gasteiger partial charge on any atom is -0.392 e. The number of oxime groups is 1. The summed E-state index contributed by atoms with van der Waals surface area (Å²) in [5, 5.41) is 22.1. The summed E-state index contributed by atoms with van der Waals surface area (Å²) >= 11 is 0. The van der Waals surface area contributed by atoms with E-state index in [4.69, 9.17) is 22.9 Å². The first kappa shape index (κ1) is 11.1. The first-order valence-electron chi connectivity index (χ1n) is 4.88. The van der Waals surface area contributed by atoms with E-state index in [-0.39, 0.29) is 13.2 Å². The van der Waals surface area contributed by atoms with E-state index in [9.17, 15) is 0 Å². The second-order valence-electron chi connectivity index (χ2n) is 3.78. The monoisotopic (exact) mass is 218 g/mol. The number of aliphatic hydroxyl groups is 2. The van der Waals surface area contributed by atoms with E-state index in [1.165, 1.54) is 6.20 Å². The van der Waals surface area contributed by atoms with Crippen molar-refractivity contribution < 1.29 is 15.1 Å². The predicted octanol–water partition coefficient (Wildman–Crippen LogP) is -1.28. The fraction of sp³-hybridized carbons (Fsp3) is 0.400. The van der Waals surface area contributed by atoms with Gasteiger partial charge in [0.05, 0.1) is 18.9 Å². The third-order valence-corrected chi connectivity index (χ3v) is 2.50. The average molecular weight is 218 g/mol. The number of hydrogen-bond donors (Lipinski definition) is 2. The first-order valence-corrected chi connectivity index (χ1v) is 4.88. The minimum absolute atomic E-state index is 0.286. The van der Waals surface area contributed by atoms with Crippen LogP contribution in [0.3, 0.4) is 0 Å². The van der Waals surface area contributed by atoms with Crippen molar-refractivity contribution in [1.29, 1.82) is 0 Å². The molecule has 0 fully saturated rings. The molecule has 1 aromatic rings. The molecule has 0 saturated heterocycles.